The van der Waals surface area contributed by atoms with E-state index in [1.54, 1.807) is 0 Å². The first-order valence-electron chi connectivity index (χ1n) is 6.83. The number of carbonyl (C=O) groups is 1. The lowest BCUT2D eigenvalue weighted by Crippen LogP contribution is -2.47. The standard InChI is InChI=1S/C16H24BrNO/c1-13(2)18(12-8-11-17)15(19)16(3,4)14-9-6-5-7-10-14/h5-7,9-10,13H,8,11-12H2,1-4H3. The molecule has 0 fully saturated rings. The van der Waals surface area contributed by atoms with Crippen LogP contribution in [0.15, 0.2) is 30.3 Å². The minimum absolute atomic E-state index is 0.203. The van der Waals surface area contributed by atoms with E-state index >= 15 is 0 Å². The number of carbonyl (C=O) groups excluding carboxylic acids is 1. The van der Waals surface area contributed by atoms with Gasteiger partial charge in [0, 0.05) is 17.9 Å². The molecule has 0 saturated carbocycles. The highest BCUT2D eigenvalue weighted by molar-refractivity contribution is 9.09. The molecule has 0 atom stereocenters. The van der Waals surface area contributed by atoms with Crippen LogP contribution < -0.4 is 0 Å². The third-order valence-corrected chi connectivity index (χ3v) is 4.01. The van der Waals surface area contributed by atoms with Crippen LogP contribution in [0.25, 0.3) is 0 Å². The number of benzene rings is 1. The SMILES string of the molecule is CC(C)N(CCCBr)C(=O)C(C)(C)c1ccccc1. The highest BCUT2D eigenvalue weighted by Crippen LogP contribution is 2.26. The molecule has 0 aliphatic carbocycles. The summed E-state index contributed by atoms with van der Waals surface area (Å²) in [6.45, 7) is 8.97. The van der Waals surface area contributed by atoms with E-state index in [-0.39, 0.29) is 11.9 Å². The van der Waals surface area contributed by atoms with Crippen LogP contribution in [0.4, 0.5) is 0 Å². The molecule has 0 N–H and O–H groups in total. The minimum Gasteiger partial charge on any atom is -0.339 e. The molecule has 0 spiro atoms. The largest absolute Gasteiger partial charge is 0.339 e. The van der Waals surface area contributed by atoms with Crippen LogP contribution in [0.5, 0.6) is 0 Å². The Bertz CT molecular complexity index is 400. The molecule has 0 radical (unpaired) electrons. The van der Waals surface area contributed by atoms with Gasteiger partial charge in [0.1, 0.15) is 0 Å². The molecule has 19 heavy (non-hydrogen) atoms. The van der Waals surface area contributed by atoms with Crippen molar-refractivity contribution < 1.29 is 4.79 Å². The fourth-order valence-corrected chi connectivity index (χ4v) is 2.41. The number of nitrogens with zero attached hydrogens (tertiary/aromatic N) is 1. The van der Waals surface area contributed by atoms with Gasteiger partial charge in [0.05, 0.1) is 5.41 Å². The van der Waals surface area contributed by atoms with Crippen LogP contribution >= 0.6 is 15.9 Å². The molecule has 1 rings (SSSR count). The zero-order valence-electron chi connectivity index (χ0n) is 12.3. The van der Waals surface area contributed by atoms with Gasteiger partial charge in [-0.15, -0.1) is 0 Å². The molecule has 0 unspecified atom stereocenters. The van der Waals surface area contributed by atoms with E-state index in [1.807, 2.05) is 49.1 Å². The summed E-state index contributed by atoms with van der Waals surface area (Å²) in [4.78, 5) is 14.8. The van der Waals surface area contributed by atoms with E-state index in [1.165, 1.54) is 0 Å². The number of amides is 1. The van der Waals surface area contributed by atoms with Gasteiger partial charge in [-0.3, -0.25) is 4.79 Å². The summed E-state index contributed by atoms with van der Waals surface area (Å²) >= 11 is 3.43. The van der Waals surface area contributed by atoms with Gasteiger partial charge in [-0.1, -0.05) is 46.3 Å². The number of hydrogen-bond acceptors (Lipinski definition) is 1. The number of rotatable bonds is 6. The second kappa shape index (κ2) is 7.09. The Labute approximate surface area is 125 Å². The number of halogens is 1. The van der Waals surface area contributed by atoms with Crippen molar-refractivity contribution in [1.29, 1.82) is 0 Å². The smallest absolute Gasteiger partial charge is 0.232 e. The molecule has 0 aliphatic rings. The van der Waals surface area contributed by atoms with Gasteiger partial charge in [-0.2, -0.15) is 0 Å². The summed E-state index contributed by atoms with van der Waals surface area (Å²) in [6.07, 6.45) is 0.981. The fraction of sp³-hybridized carbons (Fsp3) is 0.562. The van der Waals surface area contributed by atoms with Crippen molar-refractivity contribution in [2.75, 3.05) is 11.9 Å². The van der Waals surface area contributed by atoms with Gasteiger partial charge in [0.2, 0.25) is 5.91 Å². The van der Waals surface area contributed by atoms with Crippen molar-refractivity contribution >= 4 is 21.8 Å². The predicted molar refractivity (Wildman–Crippen MR) is 84.7 cm³/mol. The lowest BCUT2D eigenvalue weighted by molar-refractivity contribution is -0.138. The monoisotopic (exact) mass is 325 g/mol. The lowest BCUT2D eigenvalue weighted by Gasteiger charge is -2.35. The van der Waals surface area contributed by atoms with Gasteiger partial charge in [-0.25, -0.2) is 0 Å². The van der Waals surface area contributed by atoms with E-state index in [0.29, 0.717) is 0 Å². The Kier molecular flexibility index (Phi) is 6.05. The highest BCUT2D eigenvalue weighted by atomic mass is 79.9. The molecule has 1 aromatic carbocycles. The highest BCUT2D eigenvalue weighted by Gasteiger charge is 2.34. The maximum absolute atomic E-state index is 12.8. The molecule has 2 nitrogen and oxygen atoms in total. The zero-order valence-corrected chi connectivity index (χ0v) is 13.9. The van der Waals surface area contributed by atoms with Crippen LogP contribution in [0.1, 0.15) is 39.7 Å². The Morgan fingerprint density at radius 3 is 2.32 bits per heavy atom. The Balaban J connectivity index is 2.95. The molecular formula is C16H24BrNO. The maximum atomic E-state index is 12.8. The van der Waals surface area contributed by atoms with Crippen molar-refractivity contribution in [3.8, 4) is 0 Å². The van der Waals surface area contributed by atoms with Crippen molar-refractivity contribution in [3.05, 3.63) is 35.9 Å². The molecule has 106 valence electrons. The third kappa shape index (κ3) is 4.07. The predicted octanol–water partition coefficient (Wildman–Crippen LogP) is 3.99. The van der Waals surface area contributed by atoms with E-state index in [9.17, 15) is 4.79 Å². The number of alkyl halides is 1. The molecule has 0 bridgehead atoms. The zero-order chi connectivity index (χ0) is 14.5. The van der Waals surface area contributed by atoms with Gasteiger partial charge in [0.25, 0.3) is 0 Å². The van der Waals surface area contributed by atoms with Gasteiger partial charge < -0.3 is 4.90 Å². The van der Waals surface area contributed by atoms with Crippen LogP contribution in [0, 0.1) is 0 Å². The first-order chi connectivity index (χ1) is 8.91. The Morgan fingerprint density at radius 2 is 1.84 bits per heavy atom. The molecule has 0 aliphatic heterocycles. The Hall–Kier alpha value is -0.830. The van der Waals surface area contributed by atoms with Crippen molar-refractivity contribution in [2.24, 2.45) is 0 Å². The van der Waals surface area contributed by atoms with Crippen LogP contribution in [-0.2, 0) is 10.2 Å². The molecule has 0 heterocycles. The van der Waals surface area contributed by atoms with Crippen molar-refractivity contribution in [3.63, 3.8) is 0 Å². The second-order valence-corrected chi connectivity index (χ2v) is 6.42. The van der Waals surface area contributed by atoms with Crippen LogP contribution in [-0.4, -0.2) is 28.7 Å². The third-order valence-electron chi connectivity index (χ3n) is 3.45. The number of hydrogen-bond donors (Lipinski definition) is 0. The second-order valence-electron chi connectivity index (χ2n) is 5.63. The molecule has 1 aromatic rings. The lowest BCUT2D eigenvalue weighted by atomic mass is 9.83. The topological polar surface area (TPSA) is 20.3 Å². The maximum Gasteiger partial charge on any atom is 0.232 e. The summed E-state index contributed by atoms with van der Waals surface area (Å²) in [5.74, 6) is 0.203. The minimum atomic E-state index is -0.474. The van der Waals surface area contributed by atoms with E-state index < -0.39 is 5.41 Å². The molecule has 1 amide bonds. The molecule has 0 aromatic heterocycles. The van der Waals surface area contributed by atoms with Gasteiger partial charge >= 0.3 is 0 Å². The van der Waals surface area contributed by atoms with Crippen molar-refractivity contribution in [2.45, 2.75) is 45.6 Å². The normalized spacial score (nSPS) is 11.7. The molecular weight excluding hydrogens is 302 g/mol. The van der Waals surface area contributed by atoms with E-state index in [4.69, 9.17) is 0 Å². The quantitative estimate of drug-likeness (QED) is 0.724. The first kappa shape index (κ1) is 16.2. The van der Waals surface area contributed by atoms with Crippen LogP contribution in [0.3, 0.4) is 0 Å². The molecule has 3 heteroatoms. The summed E-state index contributed by atoms with van der Waals surface area (Å²) in [7, 11) is 0. The summed E-state index contributed by atoms with van der Waals surface area (Å²) in [6, 6.07) is 10.2. The first-order valence-corrected chi connectivity index (χ1v) is 7.96. The van der Waals surface area contributed by atoms with E-state index in [0.717, 1.165) is 23.9 Å². The average molecular weight is 326 g/mol. The summed E-state index contributed by atoms with van der Waals surface area (Å²) in [5, 5.41) is 0.926. The summed E-state index contributed by atoms with van der Waals surface area (Å²) in [5.41, 5.74) is 0.599. The van der Waals surface area contributed by atoms with Crippen LogP contribution in [0.2, 0.25) is 0 Å². The van der Waals surface area contributed by atoms with Gasteiger partial charge in [-0.05, 0) is 39.7 Å². The van der Waals surface area contributed by atoms with E-state index in [2.05, 4.69) is 29.8 Å². The fourth-order valence-electron chi connectivity index (χ4n) is 2.16. The van der Waals surface area contributed by atoms with Gasteiger partial charge in [0.15, 0.2) is 0 Å². The average Bonchev–Trinajstić information content (AvgIpc) is 2.39. The summed E-state index contributed by atoms with van der Waals surface area (Å²) < 4.78 is 0. The molecule has 0 saturated heterocycles. The Morgan fingerprint density at radius 1 is 1.26 bits per heavy atom. The van der Waals surface area contributed by atoms with Crippen molar-refractivity contribution in [1.82, 2.24) is 4.90 Å².